The van der Waals surface area contributed by atoms with Crippen LogP contribution in [0, 0.1) is 0 Å². The van der Waals surface area contributed by atoms with Crippen molar-refractivity contribution in [2.75, 3.05) is 6.54 Å². The molecule has 0 aromatic rings. The van der Waals surface area contributed by atoms with Crippen LogP contribution in [0.2, 0.25) is 0 Å². The maximum atomic E-state index is 13.4. The Morgan fingerprint density at radius 3 is 2.71 bits per heavy atom. The Kier molecular flexibility index (Phi) is 3.12. The molecule has 0 heterocycles. The summed E-state index contributed by atoms with van der Waals surface area (Å²) in [7, 11) is 0. The van der Waals surface area contributed by atoms with E-state index in [0.29, 0.717) is 19.4 Å². The van der Waals surface area contributed by atoms with Crippen LogP contribution in [0.5, 0.6) is 0 Å². The Morgan fingerprint density at radius 1 is 1.64 bits per heavy atom. The van der Waals surface area contributed by atoms with Crippen molar-refractivity contribution in [2.24, 2.45) is 11.5 Å². The second kappa shape index (κ2) is 3.83. The van der Waals surface area contributed by atoms with Gasteiger partial charge >= 0.3 is 0 Å². The van der Waals surface area contributed by atoms with Gasteiger partial charge in [-0.05, 0) is 26.3 Å². The van der Waals surface area contributed by atoms with E-state index >= 15 is 0 Å². The van der Waals surface area contributed by atoms with Crippen molar-refractivity contribution in [3.05, 3.63) is 23.8 Å². The first kappa shape index (κ1) is 11.4. The van der Waals surface area contributed by atoms with E-state index in [2.05, 4.69) is 0 Å². The van der Waals surface area contributed by atoms with Crippen LogP contribution in [0.15, 0.2) is 23.8 Å². The maximum Gasteiger partial charge on any atom is 0.130 e. The van der Waals surface area contributed by atoms with Crippen molar-refractivity contribution >= 4 is 0 Å². The molecule has 2 unspecified atom stereocenters. The van der Waals surface area contributed by atoms with E-state index in [9.17, 15) is 4.39 Å². The smallest absolute Gasteiger partial charge is 0.130 e. The summed E-state index contributed by atoms with van der Waals surface area (Å²) in [6.07, 6.45) is 6.44. The predicted octanol–water partition coefficient (Wildman–Crippen LogP) is 1.67. The minimum absolute atomic E-state index is 0.389. The van der Waals surface area contributed by atoms with Crippen LogP contribution in [0.3, 0.4) is 0 Å². The van der Waals surface area contributed by atoms with E-state index in [4.69, 9.17) is 11.5 Å². The standard InChI is InChI=1S/C11H19FN2/c1-10(12)5-3-9(4-6-10)7-11(2,14)8-13/h3-5H,6-8,13-14H2,1-2H3. The van der Waals surface area contributed by atoms with Crippen molar-refractivity contribution in [2.45, 2.75) is 37.9 Å². The Bertz CT molecular complexity index is 264. The summed E-state index contributed by atoms with van der Waals surface area (Å²) in [5, 5.41) is 0. The Balaban J connectivity index is 2.59. The second-order valence-electron chi connectivity index (χ2n) is 4.63. The molecule has 0 saturated heterocycles. The number of halogens is 1. The molecule has 3 heteroatoms. The molecule has 4 N–H and O–H groups in total. The molecule has 2 nitrogen and oxygen atoms in total. The monoisotopic (exact) mass is 198 g/mol. The van der Waals surface area contributed by atoms with Gasteiger partial charge in [0, 0.05) is 18.5 Å². The van der Waals surface area contributed by atoms with Gasteiger partial charge in [0.05, 0.1) is 0 Å². The lowest BCUT2D eigenvalue weighted by Gasteiger charge is -2.26. The number of nitrogens with two attached hydrogens (primary N) is 2. The topological polar surface area (TPSA) is 52.0 Å². The number of alkyl halides is 1. The molecule has 0 aliphatic heterocycles. The van der Waals surface area contributed by atoms with Crippen LogP contribution in [0.1, 0.15) is 26.7 Å². The lowest BCUT2D eigenvalue weighted by atomic mass is 9.88. The summed E-state index contributed by atoms with van der Waals surface area (Å²) in [5.41, 5.74) is 10.9. The lowest BCUT2D eigenvalue weighted by Crippen LogP contribution is -2.44. The van der Waals surface area contributed by atoms with Gasteiger partial charge < -0.3 is 11.5 Å². The number of allylic oxidation sites excluding steroid dienone is 3. The van der Waals surface area contributed by atoms with Crippen LogP contribution >= 0.6 is 0 Å². The fourth-order valence-corrected chi connectivity index (χ4v) is 1.42. The third-order valence-corrected chi connectivity index (χ3v) is 2.48. The molecule has 14 heavy (non-hydrogen) atoms. The molecule has 0 saturated carbocycles. The van der Waals surface area contributed by atoms with Crippen LogP contribution in [0.25, 0.3) is 0 Å². The number of hydrogen-bond acceptors (Lipinski definition) is 2. The minimum atomic E-state index is -1.20. The second-order valence-corrected chi connectivity index (χ2v) is 4.63. The Hall–Kier alpha value is -0.670. The average Bonchev–Trinajstić information content (AvgIpc) is 2.09. The summed E-state index contributed by atoms with van der Waals surface area (Å²) < 4.78 is 13.4. The fraction of sp³-hybridized carbons (Fsp3) is 0.636. The average molecular weight is 198 g/mol. The molecule has 1 aliphatic carbocycles. The highest BCUT2D eigenvalue weighted by Crippen LogP contribution is 2.27. The first-order chi connectivity index (χ1) is 6.35. The van der Waals surface area contributed by atoms with Gasteiger partial charge in [-0.1, -0.05) is 17.7 Å². The molecule has 0 amide bonds. The molecule has 1 aliphatic rings. The van der Waals surface area contributed by atoms with E-state index in [1.54, 1.807) is 13.0 Å². The van der Waals surface area contributed by atoms with Gasteiger partial charge in [0.2, 0.25) is 0 Å². The SMILES string of the molecule is CC1(F)C=CC(CC(C)(N)CN)=CC1. The van der Waals surface area contributed by atoms with Gasteiger partial charge in [-0.25, -0.2) is 4.39 Å². The first-order valence-electron chi connectivity index (χ1n) is 4.91. The molecule has 0 fully saturated rings. The molecule has 0 aromatic heterocycles. The Labute approximate surface area is 84.8 Å². The molecule has 2 atom stereocenters. The van der Waals surface area contributed by atoms with Crippen molar-refractivity contribution < 1.29 is 4.39 Å². The summed E-state index contributed by atoms with van der Waals surface area (Å²) in [6, 6.07) is 0. The molecule has 0 aromatic carbocycles. The molecule has 0 bridgehead atoms. The zero-order chi connectivity index (χ0) is 10.8. The minimum Gasteiger partial charge on any atom is -0.329 e. The highest BCUT2D eigenvalue weighted by Gasteiger charge is 2.23. The third kappa shape index (κ3) is 3.24. The molecule has 0 spiro atoms. The predicted molar refractivity (Wildman–Crippen MR) is 57.6 cm³/mol. The third-order valence-electron chi connectivity index (χ3n) is 2.48. The van der Waals surface area contributed by atoms with E-state index < -0.39 is 5.67 Å². The highest BCUT2D eigenvalue weighted by atomic mass is 19.1. The highest BCUT2D eigenvalue weighted by molar-refractivity contribution is 5.28. The Morgan fingerprint density at radius 2 is 2.29 bits per heavy atom. The van der Waals surface area contributed by atoms with Gasteiger partial charge in [0.1, 0.15) is 5.67 Å². The van der Waals surface area contributed by atoms with E-state index in [1.807, 2.05) is 19.1 Å². The lowest BCUT2D eigenvalue weighted by molar-refractivity contribution is 0.258. The zero-order valence-corrected chi connectivity index (χ0v) is 8.89. The normalized spacial score (nSPS) is 31.1. The first-order valence-corrected chi connectivity index (χ1v) is 4.91. The molecular formula is C11H19FN2. The van der Waals surface area contributed by atoms with E-state index in [0.717, 1.165) is 5.57 Å². The largest absolute Gasteiger partial charge is 0.329 e. The van der Waals surface area contributed by atoms with Gasteiger partial charge in [-0.15, -0.1) is 0 Å². The van der Waals surface area contributed by atoms with Crippen LogP contribution < -0.4 is 11.5 Å². The summed E-state index contributed by atoms with van der Waals surface area (Å²) >= 11 is 0. The van der Waals surface area contributed by atoms with Crippen LogP contribution in [-0.2, 0) is 0 Å². The van der Waals surface area contributed by atoms with Gasteiger partial charge in [-0.3, -0.25) is 0 Å². The van der Waals surface area contributed by atoms with Crippen LogP contribution in [-0.4, -0.2) is 17.8 Å². The van der Waals surface area contributed by atoms with Crippen molar-refractivity contribution in [3.63, 3.8) is 0 Å². The number of hydrogen-bond donors (Lipinski definition) is 2. The van der Waals surface area contributed by atoms with Gasteiger partial charge in [0.15, 0.2) is 0 Å². The zero-order valence-electron chi connectivity index (χ0n) is 8.89. The van der Waals surface area contributed by atoms with Crippen molar-refractivity contribution in [1.29, 1.82) is 0 Å². The maximum absolute atomic E-state index is 13.4. The fourth-order valence-electron chi connectivity index (χ4n) is 1.42. The van der Waals surface area contributed by atoms with Crippen LogP contribution in [0.4, 0.5) is 4.39 Å². The van der Waals surface area contributed by atoms with E-state index in [-0.39, 0.29) is 5.54 Å². The van der Waals surface area contributed by atoms with Crippen molar-refractivity contribution in [1.82, 2.24) is 0 Å². The quantitative estimate of drug-likeness (QED) is 0.724. The molecule has 0 radical (unpaired) electrons. The number of rotatable bonds is 3. The summed E-state index contributed by atoms with van der Waals surface area (Å²) in [5.74, 6) is 0. The molecular weight excluding hydrogens is 179 g/mol. The summed E-state index contributed by atoms with van der Waals surface area (Å²) in [4.78, 5) is 0. The van der Waals surface area contributed by atoms with E-state index in [1.165, 1.54) is 0 Å². The molecule has 1 rings (SSSR count). The molecule has 80 valence electrons. The van der Waals surface area contributed by atoms with Crippen molar-refractivity contribution in [3.8, 4) is 0 Å². The van der Waals surface area contributed by atoms with Gasteiger partial charge in [0.25, 0.3) is 0 Å². The van der Waals surface area contributed by atoms with Gasteiger partial charge in [-0.2, -0.15) is 0 Å². The summed E-state index contributed by atoms with van der Waals surface area (Å²) in [6.45, 7) is 3.91.